The molecule has 0 saturated carbocycles. The van der Waals surface area contributed by atoms with E-state index >= 15 is 0 Å². The molecule has 2 nitrogen and oxygen atoms in total. The lowest BCUT2D eigenvalue weighted by Gasteiger charge is -2.10. The minimum Gasteiger partial charge on any atom is -0.481 e. The van der Waals surface area contributed by atoms with Crippen LogP contribution in [0.1, 0.15) is 36.5 Å². The zero-order valence-electron chi connectivity index (χ0n) is 9.70. The largest absolute Gasteiger partial charge is 0.481 e. The normalized spacial score (nSPS) is 15.8. The van der Waals surface area contributed by atoms with Crippen LogP contribution in [0.3, 0.4) is 0 Å². The summed E-state index contributed by atoms with van der Waals surface area (Å²) in [5.41, 5.74) is 4.24. The third kappa shape index (κ3) is 2.63. The van der Waals surface area contributed by atoms with Gasteiger partial charge >= 0.3 is 5.97 Å². The summed E-state index contributed by atoms with van der Waals surface area (Å²) in [4.78, 5) is 10.6. The number of carboxylic acid groups (broad SMARTS) is 1. The average molecular weight is 218 g/mol. The van der Waals surface area contributed by atoms with Gasteiger partial charge < -0.3 is 5.11 Å². The molecule has 0 radical (unpaired) electrons. The zero-order valence-corrected chi connectivity index (χ0v) is 9.70. The minimum absolute atomic E-state index is 0.219. The van der Waals surface area contributed by atoms with E-state index in [1.165, 1.54) is 36.0 Å². The number of rotatable bonds is 4. The van der Waals surface area contributed by atoms with Gasteiger partial charge in [-0.2, -0.15) is 0 Å². The predicted molar refractivity (Wildman–Crippen MR) is 63.6 cm³/mol. The fraction of sp³-hybridized carbons (Fsp3) is 0.500. The van der Waals surface area contributed by atoms with Gasteiger partial charge in [-0.15, -0.1) is 0 Å². The van der Waals surface area contributed by atoms with E-state index in [1.54, 1.807) is 0 Å². The first-order valence-electron chi connectivity index (χ1n) is 5.97. The van der Waals surface area contributed by atoms with Crippen molar-refractivity contribution >= 4 is 5.97 Å². The van der Waals surface area contributed by atoms with Crippen LogP contribution in [0.2, 0.25) is 0 Å². The standard InChI is InChI=1S/C14H18O2/c1-10(8-14(15)16)7-11-5-6-12-3-2-4-13(12)9-11/h5-6,9-10H,2-4,7-8H2,1H3,(H,15,16). The second kappa shape index (κ2) is 4.69. The Kier molecular flexibility index (Phi) is 3.28. The van der Waals surface area contributed by atoms with Crippen molar-refractivity contribution in [1.82, 2.24) is 0 Å². The predicted octanol–water partition coefficient (Wildman–Crippen LogP) is 2.83. The Morgan fingerprint density at radius 1 is 1.38 bits per heavy atom. The van der Waals surface area contributed by atoms with Gasteiger partial charge in [0.1, 0.15) is 0 Å². The van der Waals surface area contributed by atoms with Crippen LogP contribution in [0.15, 0.2) is 18.2 Å². The highest BCUT2D eigenvalue weighted by molar-refractivity contribution is 5.67. The molecule has 2 heteroatoms. The Bertz CT molecular complexity index is 396. The Morgan fingerprint density at radius 2 is 2.12 bits per heavy atom. The van der Waals surface area contributed by atoms with E-state index in [2.05, 4.69) is 18.2 Å². The van der Waals surface area contributed by atoms with Gasteiger partial charge in [0.15, 0.2) is 0 Å². The molecule has 1 aromatic carbocycles. The van der Waals surface area contributed by atoms with E-state index in [9.17, 15) is 4.79 Å². The number of hydrogen-bond donors (Lipinski definition) is 1. The summed E-state index contributed by atoms with van der Waals surface area (Å²) in [6, 6.07) is 6.63. The first-order valence-corrected chi connectivity index (χ1v) is 5.97. The molecule has 1 N–H and O–H groups in total. The maximum absolute atomic E-state index is 10.6. The van der Waals surface area contributed by atoms with Crippen molar-refractivity contribution in [2.75, 3.05) is 0 Å². The molecule has 0 aromatic heterocycles. The van der Waals surface area contributed by atoms with Crippen molar-refractivity contribution in [3.8, 4) is 0 Å². The molecule has 1 atom stereocenters. The average Bonchev–Trinajstić information content (AvgIpc) is 2.63. The zero-order chi connectivity index (χ0) is 11.5. The number of carbonyl (C=O) groups is 1. The summed E-state index contributed by atoms with van der Waals surface area (Å²) >= 11 is 0. The molecule has 0 aliphatic heterocycles. The Morgan fingerprint density at radius 3 is 2.88 bits per heavy atom. The summed E-state index contributed by atoms with van der Waals surface area (Å²) in [5, 5.41) is 8.72. The molecule has 0 amide bonds. The highest BCUT2D eigenvalue weighted by Crippen LogP contribution is 2.24. The molecule has 0 heterocycles. The van der Waals surface area contributed by atoms with Gasteiger partial charge in [0.05, 0.1) is 0 Å². The third-order valence-corrected chi connectivity index (χ3v) is 3.27. The molecule has 2 rings (SSSR count). The topological polar surface area (TPSA) is 37.3 Å². The molecule has 1 unspecified atom stereocenters. The van der Waals surface area contributed by atoms with Crippen LogP contribution in [-0.2, 0) is 24.1 Å². The van der Waals surface area contributed by atoms with Crippen molar-refractivity contribution in [2.45, 2.75) is 39.0 Å². The van der Waals surface area contributed by atoms with Gasteiger partial charge in [-0.25, -0.2) is 0 Å². The smallest absolute Gasteiger partial charge is 0.303 e. The minimum atomic E-state index is -0.700. The molecular formula is C14H18O2. The fourth-order valence-electron chi connectivity index (χ4n) is 2.52. The van der Waals surface area contributed by atoms with Crippen LogP contribution in [-0.4, -0.2) is 11.1 Å². The molecule has 0 spiro atoms. The Labute approximate surface area is 96.3 Å². The number of hydrogen-bond acceptors (Lipinski definition) is 1. The van der Waals surface area contributed by atoms with Crippen LogP contribution in [0.4, 0.5) is 0 Å². The summed E-state index contributed by atoms with van der Waals surface area (Å²) in [6.07, 6.45) is 4.80. The number of carboxylic acids is 1. The van der Waals surface area contributed by atoms with Gasteiger partial charge in [-0.05, 0) is 48.3 Å². The Balaban J connectivity index is 2.02. The van der Waals surface area contributed by atoms with Crippen molar-refractivity contribution in [2.24, 2.45) is 5.92 Å². The summed E-state index contributed by atoms with van der Waals surface area (Å²) < 4.78 is 0. The van der Waals surface area contributed by atoms with Crippen molar-refractivity contribution in [3.05, 3.63) is 34.9 Å². The molecule has 86 valence electrons. The van der Waals surface area contributed by atoms with E-state index in [4.69, 9.17) is 5.11 Å². The lowest BCUT2D eigenvalue weighted by Crippen LogP contribution is -2.07. The monoisotopic (exact) mass is 218 g/mol. The second-order valence-corrected chi connectivity index (χ2v) is 4.86. The van der Waals surface area contributed by atoms with E-state index in [0.717, 1.165) is 6.42 Å². The highest BCUT2D eigenvalue weighted by Gasteiger charge is 2.13. The van der Waals surface area contributed by atoms with Crippen molar-refractivity contribution < 1.29 is 9.90 Å². The van der Waals surface area contributed by atoms with Crippen LogP contribution in [0.25, 0.3) is 0 Å². The number of aryl methyl sites for hydroxylation is 2. The van der Waals surface area contributed by atoms with Gasteiger partial charge in [-0.3, -0.25) is 4.79 Å². The molecule has 16 heavy (non-hydrogen) atoms. The molecule has 0 saturated heterocycles. The van der Waals surface area contributed by atoms with Crippen LogP contribution >= 0.6 is 0 Å². The lowest BCUT2D eigenvalue weighted by atomic mass is 9.96. The summed E-state index contributed by atoms with van der Waals surface area (Å²) in [6.45, 7) is 2.00. The van der Waals surface area contributed by atoms with Gasteiger partial charge in [0, 0.05) is 6.42 Å². The van der Waals surface area contributed by atoms with Crippen LogP contribution in [0.5, 0.6) is 0 Å². The van der Waals surface area contributed by atoms with Gasteiger partial charge in [0.25, 0.3) is 0 Å². The summed E-state index contributed by atoms with van der Waals surface area (Å²) in [7, 11) is 0. The summed E-state index contributed by atoms with van der Waals surface area (Å²) in [5.74, 6) is -0.481. The molecule has 0 bridgehead atoms. The maximum Gasteiger partial charge on any atom is 0.303 e. The van der Waals surface area contributed by atoms with E-state index in [-0.39, 0.29) is 12.3 Å². The number of fused-ring (bicyclic) bond motifs is 1. The molecule has 1 aliphatic rings. The quantitative estimate of drug-likeness (QED) is 0.843. The SMILES string of the molecule is CC(CC(=O)O)Cc1ccc2c(c1)CCC2. The molecule has 1 aromatic rings. The van der Waals surface area contributed by atoms with E-state index in [0.29, 0.717) is 0 Å². The molecule has 0 fully saturated rings. The highest BCUT2D eigenvalue weighted by atomic mass is 16.4. The van der Waals surface area contributed by atoms with Gasteiger partial charge in [0.2, 0.25) is 0 Å². The van der Waals surface area contributed by atoms with Crippen molar-refractivity contribution in [1.29, 1.82) is 0 Å². The number of benzene rings is 1. The maximum atomic E-state index is 10.6. The van der Waals surface area contributed by atoms with Gasteiger partial charge in [-0.1, -0.05) is 25.1 Å². The Hall–Kier alpha value is -1.31. The van der Waals surface area contributed by atoms with E-state index < -0.39 is 5.97 Å². The first-order chi connectivity index (χ1) is 7.65. The van der Waals surface area contributed by atoms with Crippen LogP contribution in [0, 0.1) is 5.92 Å². The van der Waals surface area contributed by atoms with E-state index in [1.807, 2.05) is 6.92 Å². The first kappa shape index (κ1) is 11.2. The lowest BCUT2D eigenvalue weighted by molar-refractivity contribution is -0.137. The fourth-order valence-corrected chi connectivity index (χ4v) is 2.52. The molecule has 1 aliphatic carbocycles. The van der Waals surface area contributed by atoms with Crippen LogP contribution < -0.4 is 0 Å². The molecular weight excluding hydrogens is 200 g/mol. The third-order valence-electron chi connectivity index (χ3n) is 3.27. The van der Waals surface area contributed by atoms with Crippen molar-refractivity contribution in [3.63, 3.8) is 0 Å². The number of aliphatic carboxylic acids is 1. The second-order valence-electron chi connectivity index (χ2n) is 4.86.